The molecule has 0 saturated heterocycles. The summed E-state index contributed by atoms with van der Waals surface area (Å²) in [5, 5.41) is 32.1. The summed E-state index contributed by atoms with van der Waals surface area (Å²) in [5.41, 5.74) is 26.5. The van der Waals surface area contributed by atoms with Crippen molar-refractivity contribution < 1.29 is 135 Å². The van der Waals surface area contributed by atoms with Gasteiger partial charge in [0.1, 0.15) is 0 Å². The Morgan fingerprint density at radius 1 is 0.247 bits per heavy atom. The van der Waals surface area contributed by atoms with Gasteiger partial charge in [0.25, 0.3) is 0 Å². The van der Waals surface area contributed by atoms with Gasteiger partial charge in [0, 0.05) is 170 Å². The van der Waals surface area contributed by atoms with Gasteiger partial charge in [-0.3, -0.25) is 49.3 Å². The van der Waals surface area contributed by atoms with Crippen LogP contribution in [0.1, 0.15) is 41.5 Å². The molecule has 3 N–H and O–H groups in total. The van der Waals surface area contributed by atoms with Crippen LogP contribution in [-0.2, 0) is 120 Å². The van der Waals surface area contributed by atoms with Gasteiger partial charge < -0.3 is 53.1 Å². The van der Waals surface area contributed by atoms with E-state index < -0.39 is 0 Å². The third-order valence-electron chi connectivity index (χ3n) is 21.8. The quantitative estimate of drug-likeness (QED) is 0.0652. The summed E-state index contributed by atoms with van der Waals surface area (Å²) in [6, 6.07) is 136. The van der Waals surface area contributed by atoms with Crippen LogP contribution in [0.25, 0.3) is 172 Å². The van der Waals surface area contributed by atoms with Gasteiger partial charge in [0.2, 0.25) is 0 Å². The number of aromatic nitrogens is 15. The van der Waals surface area contributed by atoms with Crippen molar-refractivity contribution in [3.05, 3.63) is 486 Å². The molecule has 0 fully saturated rings. The zero-order chi connectivity index (χ0) is 97.8. The van der Waals surface area contributed by atoms with E-state index in [1.807, 2.05) is 243 Å². The fourth-order valence-corrected chi connectivity index (χ4v) is 16.2. The maximum atomic E-state index is 10.0. The second-order valence-corrected chi connectivity index (χ2v) is 32.0. The summed E-state index contributed by atoms with van der Waals surface area (Å²) in [7, 11) is 0. The van der Waals surface area contributed by atoms with E-state index in [0.29, 0.717) is 0 Å². The van der Waals surface area contributed by atoms with Crippen LogP contribution in [-0.4, -0.2) is 90.4 Å². The molecule has 15 aromatic heterocycles. The van der Waals surface area contributed by atoms with Crippen molar-refractivity contribution in [1.29, 1.82) is 0 Å². The summed E-state index contributed by atoms with van der Waals surface area (Å²) in [4.78, 5) is 73.5. The summed E-state index contributed by atoms with van der Waals surface area (Å²) in [6.07, 6.45) is 21.5. The Morgan fingerprint density at radius 2 is 0.486 bits per heavy atom. The Balaban J connectivity index is 0.000000157. The number of carbonyl (C=O) groups excluding carboxylic acids is 3. The molecule has 0 aliphatic heterocycles. The SMILES string of the molecule is CC(=O)C=C(C)O.CC(=O)C=C(C)O.CC(=O)C=C(C)O.[Pt+2].[Pt+2].[Pt].[Pt].[Pt].[c-]1cccc2c1c1[c-]cccc1n2-c1ccccc1.[c-]1cccc2c1c1[c-]cccc1n2-c1ccccc1.c1ccc(-c2ccccn2)nc1.c1ccc(-c2ccccn2)nc1.c1ccc(-n2c3cccnc3c3[n-]ccc32)cc1.c1ccc(-n2c3cccnc3c3[n-]ccc32)cc1.c1ccc2cc(-n3c4cccnc4c4[n-]ccc43)ccc2c1. The number of hydrogen-bond acceptors (Lipinski definition) is 13. The number of carbonyl (C=O) groups is 3. The van der Waals surface area contributed by atoms with Gasteiger partial charge in [0.15, 0.2) is 17.3 Å². The number of benzene rings is 10. The van der Waals surface area contributed by atoms with Gasteiger partial charge in [0.05, 0.1) is 73.2 Å². The molecule has 10 aromatic carbocycles. The van der Waals surface area contributed by atoms with E-state index in [0.717, 1.165) is 128 Å². The molecule has 0 atom stereocenters. The molecule has 25 aromatic rings. The maximum absolute atomic E-state index is 10.0. The minimum atomic E-state index is -0.125. The first kappa shape index (κ1) is 111. The number of ketones is 3. The molecule has 15 heterocycles. The summed E-state index contributed by atoms with van der Waals surface area (Å²) >= 11 is 0. The summed E-state index contributed by atoms with van der Waals surface area (Å²) in [5.74, 6) is -0.187. The molecule has 146 heavy (non-hydrogen) atoms. The average molecular weight is 2820 g/mol. The predicted molar refractivity (Wildman–Crippen MR) is 566 cm³/mol. The van der Waals surface area contributed by atoms with Crippen LogP contribution in [0.5, 0.6) is 0 Å². The molecule has 738 valence electrons. The van der Waals surface area contributed by atoms with Gasteiger partial charge >= 0.3 is 42.1 Å². The zero-order valence-corrected chi connectivity index (χ0v) is 90.9. The number of aliphatic hydroxyl groups excluding tert-OH is 3. The Bertz CT molecular complexity index is 7990. The largest absolute Gasteiger partial charge is 2.00 e. The molecule has 25 rings (SSSR count). The van der Waals surface area contributed by atoms with E-state index in [1.165, 1.54) is 104 Å². The molecule has 0 spiro atoms. The van der Waals surface area contributed by atoms with Crippen molar-refractivity contribution in [2.75, 3.05) is 0 Å². The van der Waals surface area contributed by atoms with Crippen LogP contribution in [0.3, 0.4) is 0 Å². The van der Waals surface area contributed by atoms with E-state index in [9.17, 15) is 14.4 Å². The second kappa shape index (κ2) is 54.8. The standard InChI is InChI=1S/C19H12N3.2C18H11N.2C15H10N3.2C10H8N2.3C5H8O2.5Pt/c1-2-5-14-12-15(8-7-13(14)4-1)22-16-6-3-10-20-18(16)19-17(22)9-11-21-19;2*1-2-8-14(9-3-1)19-17-12-6-4-10-15(17)16-11-5-7-13-18(16)19;2*1-2-5-11(6-3-1)18-12-7-4-9-16-14(12)15-13(18)8-10-17-15;2*1-3-7-11-9(5-1)10-6-2-4-8-12-10;3*1-4(6)3-5(2)7;;;;;/h1-12H;2*1-9,12-13H;2*1-10H;2*1-8H;3*3,6H,1-2H3;;;;;/q-1;2*-2;2*-1;;;;;;;;;2*+2. The molecule has 26 heteroatoms. The minimum absolute atomic E-state index is 0. The first-order valence-electron chi connectivity index (χ1n) is 45.3. The number of pyridine rings is 7. The third kappa shape index (κ3) is 27.5. The van der Waals surface area contributed by atoms with E-state index in [4.69, 9.17) is 15.3 Å². The Morgan fingerprint density at radius 3 is 0.740 bits per heavy atom. The fraction of sp³-hybridized carbons (Fsp3) is 0.0500. The molecule has 21 nitrogen and oxygen atoms in total. The molecule has 0 amide bonds. The molecule has 0 radical (unpaired) electrons. The van der Waals surface area contributed by atoms with Gasteiger partial charge in [-0.25, -0.2) is 21.5 Å². The number of hydrogen-bond donors (Lipinski definition) is 3. The Kier molecular flexibility index (Phi) is 41.6. The van der Waals surface area contributed by atoms with Crippen LogP contribution in [0.4, 0.5) is 0 Å². The molecular weight excluding hydrogens is 2720 g/mol. The molecular formula is C120H94N15O6Pt5-3. The maximum Gasteiger partial charge on any atom is 2.00 e. The summed E-state index contributed by atoms with van der Waals surface area (Å²) < 4.78 is 11.2. The average Bonchev–Trinajstić information content (AvgIpc) is 1.58. The normalized spacial score (nSPS) is 10.7. The van der Waals surface area contributed by atoms with Crippen molar-refractivity contribution in [1.82, 2.24) is 72.7 Å². The monoisotopic (exact) mass is 2820 g/mol. The van der Waals surface area contributed by atoms with Crippen molar-refractivity contribution in [2.24, 2.45) is 0 Å². The fourth-order valence-electron chi connectivity index (χ4n) is 16.2. The number of para-hydroxylation sites is 4. The molecule has 0 unspecified atom stereocenters. The first-order valence-corrected chi connectivity index (χ1v) is 45.3. The van der Waals surface area contributed by atoms with Gasteiger partial charge in [-0.1, -0.05) is 184 Å². The van der Waals surface area contributed by atoms with Gasteiger partial charge in [-0.05, 0) is 198 Å². The minimum Gasteiger partial charge on any atom is -0.661 e. The van der Waals surface area contributed by atoms with Crippen molar-refractivity contribution >= 4 is 138 Å². The predicted octanol–water partition coefficient (Wildman–Crippen LogP) is 26.7. The van der Waals surface area contributed by atoms with E-state index >= 15 is 0 Å². The number of nitrogens with zero attached hydrogens (tertiary/aromatic N) is 15. The van der Waals surface area contributed by atoms with Crippen LogP contribution < -0.4 is 15.0 Å². The second-order valence-electron chi connectivity index (χ2n) is 32.0. The first-order chi connectivity index (χ1) is 69.0. The van der Waals surface area contributed by atoms with Gasteiger partial charge in [-0.15, -0.1) is 48.5 Å². The summed E-state index contributed by atoms with van der Waals surface area (Å²) in [6.45, 7) is 8.54. The van der Waals surface area contributed by atoms with E-state index in [-0.39, 0.29) is 140 Å². The smallest absolute Gasteiger partial charge is 0.661 e. The van der Waals surface area contributed by atoms with Crippen LogP contribution in [0.2, 0.25) is 0 Å². The molecule has 0 aliphatic carbocycles. The van der Waals surface area contributed by atoms with Crippen molar-refractivity contribution in [2.45, 2.75) is 41.5 Å². The Hall–Kier alpha value is -15.6. The van der Waals surface area contributed by atoms with E-state index in [1.54, 1.807) is 24.8 Å². The zero-order valence-electron chi connectivity index (χ0n) is 79.5. The van der Waals surface area contributed by atoms with E-state index in [2.05, 4.69) is 255 Å². The van der Waals surface area contributed by atoms with Crippen LogP contribution in [0, 0.1) is 24.3 Å². The van der Waals surface area contributed by atoms with Crippen LogP contribution >= 0.6 is 0 Å². The van der Waals surface area contributed by atoms with Crippen molar-refractivity contribution in [3.63, 3.8) is 0 Å². The number of aliphatic hydroxyl groups is 3. The molecule has 0 saturated carbocycles. The van der Waals surface area contributed by atoms with Crippen molar-refractivity contribution in [3.8, 4) is 51.2 Å². The topological polar surface area (TPSA) is 269 Å². The Labute approximate surface area is 915 Å². The number of rotatable bonds is 10. The van der Waals surface area contributed by atoms with Gasteiger partial charge in [-0.2, -0.15) is 67.1 Å². The number of allylic oxidation sites excluding steroid dienone is 6. The number of fused-ring (bicyclic) bond motifs is 16. The third-order valence-corrected chi connectivity index (χ3v) is 21.8. The molecule has 0 bridgehead atoms. The van der Waals surface area contributed by atoms with Crippen LogP contribution in [0.15, 0.2) is 461 Å². The molecule has 0 aliphatic rings.